The Kier molecular flexibility index (Phi) is 2.92. The molecule has 0 amide bonds. The fraction of sp³-hybridized carbons (Fsp3) is 0.462. The molecule has 1 aromatic carbocycles. The summed E-state index contributed by atoms with van der Waals surface area (Å²) in [4.78, 5) is 0. The summed E-state index contributed by atoms with van der Waals surface area (Å²) in [6.07, 6.45) is 0. The lowest BCUT2D eigenvalue weighted by Crippen LogP contribution is -2.55. The van der Waals surface area contributed by atoms with E-state index in [0.717, 1.165) is 5.56 Å². The highest BCUT2D eigenvalue weighted by molar-refractivity contribution is 7.04. The Bertz CT molecular complexity index is 459. The summed E-state index contributed by atoms with van der Waals surface area (Å²) < 4.78 is 2.69. The van der Waals surface area contributed by atoms with Crippen molar-refractivity contribution < 1.29 is 0 Å². The Hall–Kier alpha value is -1.06. The van der Waals surface area contributed by atoms with E-state index in [4.69, 9.17) is 0 Å². The molecule has 1 heterocycles. The first-order chi connectivity index (χ1) is 7.88. The molecule has 1 saturated heterocycles. The molecule has 1 aliphatic heterocycles. The van der Waals surface area contributed by atoms with Crippen molar-refractivity contribution in [2.75, 3.05) is 4.23 Å². The molecule has 0 aromatic heterocycles. The molecule has 0 N–H and O–H groups in total. The second-order valence-corrected chi connectivity index (χ2v) is 15.7. The molecule has 1 fully saturated rings. The molecule has 0 saturated carbocycles. The van der Waals surface area contributed by atoms with E-state index in [1.807, 2.05) is 12.1 Å². The normalized spacial score (nSPS) is 21.2. The van der Waals surface area contributed by atoms with Crippen LogP contribution in [0.4, 0.5) is 5.69 Å². The lowest BCUT2D eigenvalue weighted by atomic mass is 10.2. The van der Waals surface area contributed by atoms with Crippen molar-refractivity contribution in [3.8, 4) is 6.07 Å². The minimum atomic E-state index is -1.35. The van der Waals surface area contributed by atoms with Crippen molar-refractivity contribution in [1.29, 1.82) is 5.26 Å². The van der Waals surface area contributed by atoms with Gasteiger partial charge in [0.15, 0.2) is 0 Å². The summed E-state index contributed by atoms with van der Waals surface area (Å²) >= 11 is 0. The molecule has 0 bridgehead atoms. The van der Waals surface area contributed by atoms with Crippen LogP contribution in [0.25, 0.3) is 0 Å². The SMILES string of the molecule is C[Si]1(C)CC[Si](C)(C)N1c1ccccc1C#N. The van der Waals surface area contributed by atoms with Gasteiger partial charge in [0, 0.05) is 5.69 Å². The van der Waals surface area contributed by atoms with Crippen LogP contribution >= 0.6 is 0 Å². The van der Waals surface area contributed by atoms with Gasteiger partial charge in [0.05, 0.1) is 5.56 Å². The number of nitriles is 1. The van der Waals surface area contributed by atoms with Crippen molar-refractivity contribution >= 4 is 22.2 Å². The molecular formula is C13H20N2Si2. The second kappa shape index (κ2) is 4.00. The minimum absolute atomic E-state index is 0.843. The zero-order valence-electron chi connectivity index (χ0n) is 11.1. The van der Waals surface area contributed by atoms with Gasteiger partial charge >= 0.3 is 0 Å². The van der Waals surface area contributed by atoms with E-state index >= 15 is 0 Å². The monoisotopic (exact) mass is 260 g/mol. The van der Waals surface area contributed by atoms with Crippen LogP contribution in [-0.4, -0.2) is 16.5 Å². The van der Waals surface area contributed by atoms with Crippen molar-refractivity contribution in [3.05, 3.63) is 29.8 Å². The number of hydrogen-bond acceptors (Lipinski definition) is 2. The van der Waals surface area contributed by atoms with Crippen molar-refractivity contribution in [3.63, 3.8) is 0 Å². The van der Waals surface area contributed by atoms with Crippen molar-refractivity contribution in [2.24, 2.45) is 0 Å². The van der Waals surface area contributed by atoms with Gasteiger partial charge in [-0.05, 0) is 24.2 Å². The minimum Gasteiger partial charge on any atom is -0.423 e. The zero-order valence-corrected chi connectivity index (χ0v) is 13.1. The summed E-state index contributed by atoms with van der Waals surface area (Å²) in [7, 11) is -2.70. The van der Waals surface area contributed by atoms with Crippen LogP contribution in [0.2, 0.25) is 38.3 Å². The molecule has 0 aliphatic carbocycles. The lowest BCUT2D eigenvalue weighted by Gasteiger charge is -2.41. The topological polar surface area (TPSA) is 27.0 Å². The molecular weight excluding hydrogens is 240 g/mol. The van der Waals surface area contributed by atoms with E-state index in [9.17, 15) is 5.26 Å². The molecule has 1 aliphatic rings. The number of nitrogens with zero attached hydrogens (tertiary/aromatic N) is 2. The largest absolute Gasteiger partial charge is 0.423 e. The molecule has 2 rings (SSSR count). The maximum absolute atomic E-state index is 9.27. The summed E-state index contributed by atoms with van der Waals surface area (Å²) in [6, 6.07) is 13.2. The van der Waals surface area contributed by atoms with Gasteiger partial charge < -0.3 is 4.23 Å². The van der Waals surface area contributed by atoms with E-state index in [-0.39, 0.29) is 0 Å². The first-order valence-electron chi connectivity index (χ1n) is 6.18. The van der Waals surface area contributed by atoms with Crippen LogP contribution in [0.3, 0.4) is 0 Å². The second-order valence-electron chi connectivity index (χ2n) is 6.09. The van der Waals surface area contributed by atoms with E-state index in [0.29, 0.717) is 0 Å². The van der Waals surface area contributed by atoms with Crippen LogP contribution in [0.5, 0.6) is 0 Å². The Labute approximate surface area is 106 Å². The third-order valence-electron chi connectivity index (χ3n) is 3.82. The van der Waals surface area contributed by atoms with E-state index in [2.05, 4.69) is 48.6 Å². The van der Waals surface area contributed by atoms with Crippen LogP contribution in [0.1, 0.15) is 5.56 Å². The first-order valence-corrected chi connectivity index (χ1v) is 12.5. The molecule has 1 aromatic rings. The molecule has 2 nitrogen and oxygen atoms in total. The third kappa shape index (κ3) is 2.05. The molecule has 0 atom stereocenters. The Morgan fingerprint density at radius 2 is 1.59 bits per heavy atom. The molecule has 17 heavy (non-hydrogen) atoms. The molecule has 0 spiro atoms. The van der Waals surface area contributed by atoms with Gasteiger partial charge in [-0.25, -0.2) is 0 Å². The maximum Gasteiger partial charge on any atom is 0.141 e. The van der Waals surface area contributed by atoms with Crippen molar-refractivity contribution in [1.82, 2.24) is 0 Å². The van der Waals surface area contributed by atoms with Gasteiger partial charge in [-0.2, -0.15) is 5.26 Å². The van der Waals surface area contributed by atoms with Gasteiger partial charge in [0.1, 0.15) is 22.5 Å². The predicted octanol–water partition coefficient (Wildman–Crippen LogP) is 3.79. The van der Waals surface area contributed by atoms with Crippen LogP contribution < -0.4 is 4.23 Å². The molecule has 0 radical (unpaired) electrons. The quantitative estimate of drug-likeness (QED) is 0.718. The number of anilines is 1. The fourth-order valence-corrected chi connectivity index (χ4v) is 17.3. The molecule has 0 unspecified atom stereocenters. The van der Waals surface area contributed by atoms with E-state index in [1.54, 1.807) is 0 Å². The summed E-state index contributed by atoms with van der Waals surface area (Å²) in [6.45, 7) is 9.73. The Balaban J connectivity index is 2.55. The molecule has 90 valence electrons. The average Bonchev–Trinajstić information content (AvgIpc) is 2.48. The van der Waals surface area contributed by atoms with E-state index < -0.39 is 16.5 Å². The Morgan fingerprint density at radius 1 is 1.06 bits per heavy atom. The average molecular weight is 260 g/mol. The van der Waals surface area contributed by atoms with Crippen LogP contribution in [-0.2, 0) is 0 Å². The highest BCUT2D eigenvalue weighted by Gasteiger charge is 2.47. The van der Waals surface area contributed by atoms with Gasteiger partial charge in [-0.1, -0.05) is 38.3 Å². The first kappa shape index (κ1) is 12.4. The predicted molar refractivity (Wildman–Crippen MR) is 78.2 cm³/mol. The number of hydrogen-bond donors (Lipinski definition) is 0. The summed E-state index contributed by atoms with van der Waals surface area (Å²) in [5, 5.41) is 9.27. The van der Waals surface area contributed by atoms with Crippen molar-refractivity contribution in [2.45, 2.75) is 38.3 Å². The smallest absolute Gasteiger partial charge is 0.141 e. The summed E-state index contributed by atoms with van der Waals surface area (Å²) in [5.41, 5.74) is 2.04. The maximum atomic E-state index is 9.27. The van der Waals surface area contributed by atoms with Gasteiger partial charge in [0.2, 0.25) is 0 Å². The Morgan fingerprint density at radius 3 is 2.12 bits per heavy atom. The summed E-state index contributed by atoms with van der Waals surface area (Å²) in [5.74, 6) is 0. The number of para-hydroxylation sites is 1. The molecule has 4 heteroatoms. The standard InChI is InChI=1S/C13H20N2Si2/c1-16(2)9-10-17(3,4)15(16)13-8-6-5-7-12(13)11-14/h5-8H,9-10H2,1-4H3. The number of rotatable bonds is 1. The lowest BCUT2D eigenvalue weighted by molar-refractivity contribution is 1.35. The fourth-order valence-electron chi connectivity index (χ4n) is 3.07. The van der Waals surface area contributed by atoms with Crippen LogP contribution in [0, 0.1) is 11.3 Å². The van der Waals surface area contributed by atoms with Gasteiger partial charge in [-0.15, -0.1) is 0 Å². The number of benzene rings is 1. The highest BCUT2D eigenvalue weighted by atomic mass is 28.4. The third-order valence-corrected chi connectivity index (χ3v) is 13.8. The van der Waals surface area contributed by atoms with Crippen LogP contribution in [0.15, 0.2) is 24.3 Å². The van der Waals surface area contributed by atoms with Gasteiger partial charge in [0.25, 0.3) is 0 Å². The van der Waals surface area contributed by atoms with E-state index in [1.165, 1.54) is 17.8 Å². The highest BCUT2D eigenvalue weighted by Crippen LogP contribution is 2.41. The zero-order chi connectivity index (χ0) is 12.7. The van der Waals surface area contributed by atoms with Gasteiger partial charge in [-0.3, -0.25) is 0 Å².